The predicted molar refractivity (Wildman–Crippen MR) is 103 cm³/mol. The number of carbonyl (C=O) groups is 1. The summed E-state index contributed by atoms with van der Waals surface area (Å²) in [7, 11) is 0. The molecule has 0 amide bonds. The quantitative estimate of drug-likeness (QED) is 0.861. The smallest absolute Gasteiger partial charge is 0.138 e. The Labute approximate surface area is 164 Å². The van der Waals surface area contributed by atoms with Crippen molar-refractivity contribution in [2.75, 3.05) is 13.2 Å². The Bertz CT molecular complexity index is 848. The molecule has 142 valence electrons. The zero-order valence-corrected chi connectivity index (χ0v) is 15.9. The Balaban J connectivity index is 1.56. The number of benzene rings is 2. The molecular formula is C22H23ClO4. The monoisotopic (exact) mass is 386 g/mol. The van der Waals surface area contributed by atoms with Crippen molar-refractivity contribution in [2.24, 2.45) is 0 Å². The fraction of sp³-hybridized carbons (Fsp3) is 0.409. The highest BCUT2D eigenvalue weighted by molar-refractivity contribution is 6.31. The highest BCUT2D eigenvalue weighted by Gasteiger charge is 2.28. The lowest BCUT2D eigenvalue weighted by atomic mass is 9.94. The van der Waals surface area contributed by atoms with Crippen LogP contribution in [-0.2, 0) is 22.4 Å². The van der Waals surface area contributed by atoms with Gasteiger partial charge in [0, 0.05) is 17.9 Å². The molecule has 27 heavy (non-hydrogen) atoms. The van der Waals surface area contributed by atoms with Crippen LogP contribution in [0.5, 0.6) is 5.75 Å². The summed E-state index contributed by atoms with van der Waals surface area (Å²) in [6.07, 6.45) is 2.68. The van der Waals surface area contributed by atoms with Gasteiger partial charge in [0.05, 0.1) is 25.4 Å². The van der Waals surface area contributed by atoms with E-state index in [9.17, 15) is 9.90 Å². The minimum Gasteiger partial charge on any atom is -0.493 e. The molecule has 2 atom stereocenters. The van der Waals surface area contributed by atoms with E-state index in [-0.39, 0.29) is 24.9 Å². The summed E-state index contributed by atoms with van der Waals surface area (Å²) in [6, 6.07) is 12.1. The lowest BCUT2D eigenvalue weighted by molar-refractivity contribution is -0.139. The molecule has 0 aliphatic carbocycles. The van der Waals surface area contributed by atoms with Gasteiger partial charge in [0.1, 0.15) is 11.5 Å². The van der Waals surface area contributed by atoms with Gasteiger partial charge < -0.3 is 14.6 Å². The molecule has 2 heterocycles. The van der Waals surface area contributed by atoms with Gasteiger partial charge in [-0.1, -0.05) is 35.9 Å². The summed E-state index contributed by atoms with van der Waals surface area (Å²) in [5, 5.41) is 10.1. The van der Waals surface area contributed by atoms with Gasteiger partial charge in [-0.05, 0) is 53.6 Å². The number of aryl methyl sites for hydroxylation is 1. The van der Waals surface area contributed by atoms with Crippen LogP contribution < -0.4 is 4.74 Å². The number of hydrogen-bond acceptors (Lipinski definition) is 4. The van der Waals surface area contributed by atoms with Crippen molar-refractivity contribution in [2.45, 2.75) is 44.3 Å². The molecule has 1 unspecified atom stereocenters. The first-order valence-corrected chi connectivity index (χ1v) is 9.81. The Hall–Kier alpha value is -1.88. The first kappa shape index (κ1) is 18.5. The highest BCUT2D eigenvalue weighted by Crippen LogP contribution is 2.33. The zero-order chi connectivity index (χ0) is 18.8. The van der Waals surface area contributed by atoms with Gasteiger partial charge in [0.15, 0.2) is 0 Å². The first-order valence-electron chi connectivity index (χ1n) is 9.43. The molecule has 1 N–H and O–H groups in total. The largest absolute Gasteiger partial charge is 0.493 e. The van der Waals surface area contributed by atoms with Gasteiger partial charge in [0.25, 0.3) is 0 Å². The van der Waals surface area contributed by atoms with E-state index in [0.717, 1.165) is 36.3 Å². The van der Waals surface area contributed by atoms with Gasteiger partial charge >= 0.3 is 0 Å². The molecular weight excluding hydrogens is 364 g/mol. The Kier molecular flexibility index (Phi) is 5.48. The van der Waals surface area contributed by atoms with Crippen molar-refractivity contribution in [1.29, 1.82) is 0 Å². The summed E-state index contributed by atoms with van der Waals surface area (Å²) >= 11 is 6.44. The topological polar surface area (TPSA) is 55.8 Å². The lowest BCUT2D eigenvalue weighted by Gasteiger charge is -2.28. The van der Waals surface area contributed by atoms with Crippen LogP contribution in [0.3, 0.4) is 0 Å². The van der Waals surface area contributed by atoms with Crippen LogP contribution in [0.2, 0.25) is 5.02 Å². The SMILES string of the molecule is O=C1CC(CO)O[C@@H](c2ccc(Cl)c(Cc3ccc4c(c3)CCCO4)c2)C1. The Morgan fingerprint density at radius 3 is 2.89 bits per heavy atom. The molecule has 4 nitrogen and oxygen atoms in total. The molecule has 5 heteroatoms. The number of aliphatic hydroxyl groups is 1. The van der Waals surface area contributed by atoms with Crippen molar-refractivity contribution in [3.8, 4) is 5.75 Å². The molecule has 2 aromatic carbocycles. The maximum absolute atomic E-state index is 12.0. The standard InChI is InChI=1S/C22H23ClO4/c23-20-5-4-16(22-12-18(25)11-19(13-24)27-22)10-17(20)9-14-3-6-21-15(8-14)2-1-7-26-21/h3-6,8,10,19,22,24H,1-2,7,9,11-13H2/t19?,22-/m1/s1. The van der Waals surface area contributed by atoms with Crippen LogP contribution in [0.25, 0.3) is 0 Å². The van der Waals surface area contributed by atoms with Crippen LogP contribution in [-0.4, -0.2) is 30.2 Å². The third kappa shape index (κ3) is 4.18. The number of Topliss-reactive ketones (excluding diaryl/α,β-unsaturated/α-hetero) is 1. The summed E-state index contributed by atoms with van der Waals surface area (Å²) in [4.78, 5) is 12.0. The fourth-order valence-electron chi connectivity index (χ4n) is 3.85. The van der Waals surface area contributed by atoms with E-state index in [2.05, 4.69) is 12.1 Å². The van der Waals surface area contributed by atoms with Crippen molar-refractivity contribution in [1.82, 2.24) is 0 Å². The minimum atomic E-state index is -0.420. The van der Waals surface area contributed by atoms with Crippen LogP contribution in [0, 0.1) is 0 Å². The van der Waals surface area contributed by atoms with Gasteiger partial charge in [-0.3, -0.25) is 4.79 Å². The zero-order valence-electron chi connectivity index (χ0n) is 15.1. The van der Waals surface area contributed by atoms with Gasteiger partial charge in [-0.15, -0.1) is 0 Å². The molecule has 0 radical (unpaired) electrons. The van der Waals surface area contributed by atoms with Crippen molar-refractivity contribution < 1.29 is 19.4 Å². The number of rotatable bonds is 4. The number of carbonyl (C=O) groups excluding carboxylic acids is 1. The molecule has 0 bridgehead atoms. The second-order valence-corrected chi connectivity index (χ2v) is 7.71. The Morgan fingerprint density at radius 2 is 2.04 bits per heavy atom. The van der Waals surface area contributed by atoms with Crippen LogP contribution in [0.4, 0.5) is 0 Å². The molecule has 4 rings (SSSR count). The molecule has 2 aliphatic heterocycles. The summed E-state index contributed by atoms with van der Waals surface area (Å²) < 4.78 is 11.6. The fourth-order valence-corrected chi connectivity index (χ4v) is 4.03. The highest BCUT2D eigenvalue weighted by atomic mass is 35.5. The average Bonchev–Trinajstić information content (AvgIpc) is 2.69. The Morgan fingerprint density at radius 1 is 1.15 bits per heavy atom. The number of fused-ring (bicyclic) bond motifs is 1. The van der Waals surface area contributed by atoms with E-state index in [4.69, 9.17) is 21.1 Å². The van der Waals surface area contributed by atoms with E-state index >= 15 is 0 Å². The molecule has 1 fully saturated rings. The lowest BCUT2D eigenvalue weighted by Crippen LogP contribution is -2.30. The summed E-state index contributed by atoms with van der Waals surface area (Å²) in [5.74, 6) is 1.10. The van der Waals surface area contributed by atoms with E-state index in [0.29, 0.717) is 17.9 Å². The van der Waals surface area contributed by atoms with Crippen LogP contribution in [0.15, 0.2) is 36.4 Å². The number of halogens is 1. The van der Waals surface area contributed by atoms with E-state index in [1.165, 1.54) is 11.1 Å². The van der Waals surface area contributed by atoms with Gasteiger partial charge in [-0.2, -0.15) is 0 Å². The van der Waals surface area contributed by atoms with E-state index in [1.807, 2.05) is 24.3 Å². The maximum Gasteiger partial charge on any atom is 0.138 e. The average molecular weight is 387 g/mol. The van der Waals surface area contributed by atoms with Crippen LogP contribution in [0.1, 0.15) is 47.6 Å². The molecule has 0 saturated carbocycles. The summed E-state index contributed by atoms with van der Waals surface area (Å²) in [5.41, 5.74) is 4.38. The predicted octanol–water partition coefficient (Wildman–Crippen LogP) is 4.04. The summed E-state index contributed by atoms with van der Waals surface area (Å²) in [6.45, 7) is 0.648. The molecule has 0 spiro atoms. The third-order valence-electron chi connectivity index (χ3n) is 5.24. The van der Waals surface area contributed by atoms with Crippen molar-refractivity contribution >= 4 is 17.4 Å². The molecule has 2 aliphatic rings. The second-order valence-electron chi connectivity index (χ2n) is 7.30. The second kappa shape index (κ2) is 8.01. The normalized spacial score (nSPS) is 22.2. The van der Waals surface area contributed by atoms with Crippen LogP contribution >= 0.6 is 11.6 Å². The van der Waals surface area contributed by atoms with Crippen molar-refractivity contribution in [3.05, 3.63) is 63.7 Å². The van der Waals surface area contributed by atoms with Crippen molar-refractivity contribution in [3.63, 3.8) is 0 Å². The first-order chi connectivity index (χ1) is 13.1. The number of aliphatic hydroxyl groups excluding tert-OH is 1. The minimum absolute atomic E-state index is 0.122. The number of ketones is 1. The third-order valence-corrected chi connectivity index (χ3v) is 5.61. The number of hydrogen-bond donors (Lipinski definition) is 1. The number of ether oxygens (including phenoxy) is 2. The van der Waals surface area contributed by atoms with Gasteiger partial charge in [-0.25, -0.2) is 0 Å². The van der Waals surface area contributed by atoms with E-state index in [1.54, 1.807) is 0 Å². The van der Waals surface area contributed by atoms with Gasteiger partial charge in [0.2, 0.25) is 0 Å². The molecule has 1 saturated heterocycles. The molecule has 2 aromatic rings. The maximum atomic E-state index is 12.0. The molecule has 0 aromatic heterocycles. The van der Waals surface area contributed by atoms with E-state index < -0.39 is 6.10 Å².